The third-order valence-corrected chi connectivity index (χ3v) is 8.73. The maximum absolute atomic E-state index is 13.6. The topological polar surface area (TPSA) is 79.5 Å². The van der Waals surface area contributed by atoms with Crippen LogP contribution in [-0.2, 0) is 16.0 Å². The smallest absolute Gasteiger partial charge is 0.247 e. The number of carbonyl (C=O) groups is 2. The van der Waals surface area contributed by atoms with Gasteiger partial charge in [0.25, 0.3) is 0 Å². The highest BCUT2D eigenvalue weighted by molar-refractivity contribution is 5.84. The summed E-state index contributed by atoms with van der Waals surface area (Å²) in [6.45, 7) is 4.59. The number of aromatic nitrogens is 2. The molecule has 1 saturated heterocycles. The minimum atomic E-state index is -0.0892. The number of hydrogen-bond acceptors (Lipinski definition) is 5. The highest BCUT2D eigenvalue weighted by Gasteiger charge is 2.55. The Morgan fingerprint density at radius 1 is 0.912 bits per heavy atom. The first kappa shape index (κ1) is 21.8. The van der Waals surface area contributed by atoms with Crippen LogP contribution in [0.2, 0.25) is 0 Å². The standard InChI is InChI=1S/C27H34N4O3/c1-18-2-4-22(5-3-18)25-29-28-23(34-25)6-7-24(32)30-8-10-31(11-9-30)26(33)27-15-19-12-20(16-27)14-21(13-19)17-27/h2-5,19-21H,6-17H2,1H3. The van der Waals surface area contributed by atoms with Gasteiger partial charge in [0, 0.05) is 44.6 Å². The summed E-state index contributed by atoms with van der Waals surface area (Å²) in [5.41, 5.74) is 1.97. The van der Waals surface area contributed by atoms with Crippen LogP contribution in [0.15, 0.2) is 28.7 Å². The summed E-state index contributed by atoms with van der Waals surface area (Å²) < 4.78 is 5.77. The number of piperazine rings is 1. The molecule has 5 aliphatic rings. The Labute approximate surface area is 200 Å². The molecule has 34 heavy (non-hydrogen) atoms. The van der Waals surface area contributed by atoms with Crippen LogP contribution in [0.25, 0.3) is 11.5 Å². The molecule has 2 heterocycles. The molecule has 2 amide bonds. The molecule has 0 radical (unpaired) electrons. The van der Waals surface area contributed by atoms with Crippen molar-refractivity contribution < 1.29 is 14.0 Å². The molecular weight excluding hydrogens is 428 g/mol. The fourth-order valence-electron chi connectivity index (χ4n) is 7.41. The highest BCUT2D eigenvalue weighted by atomic mass is 16.4. The van der Waals surface area contributed by atoms with E-state index in [1.54, 1.807) is 0 Å². The normalized spacial score (nSPS) is 30.1. The van der Waals surface area contributed by atoms with Crippen molar-refractivity contribution in [2.45, 2.75) is 58.3 Å². The third-order valence-electron chi connectivity index (χ3n) is 8.73. The van der Waals surface area contributed by atoms with E-state index >= 15 is 0 Å². The van der Waals surface area contributed by atoms with E-state index in [0.717, 1.165) is 42.6 Å². The first-order chi connectivity index (χ1) is 16.5. The van der Waals surface area contributed by atoms with Crippen molar-refractivity contribution in [1.29, 1.82) is 0 Å². The molecule has 7 rings (SSSR count). The molecule has 1 aromatic carbocycles. The van der Waals surface area contributed by atoms with Crippen LogP contribution in [0.5, 0.6) is 0 Å². The van der Waals surface area contributed by atoms with Gasteiger partial charge in [-0.3, -0.25) is 9.59 Å². The molecule has 1 aromatic heterocycles. The van der Waals surface area contributed by atoms with E-state index in [1.165, 1.54) is 24.8 Å². The molecule has 0 spiro atoms. The molecule has 180 valence electrons. The van der Waals surface area contributed by atoms with Gasteiger partial charge in [-0.25, -0.2) is 0 Å². The Morgan fingerprint density at radius 3 is 2.12 bits per heavy atom. The van der Waals surface area contributed by atoms with E-state index in [2.05, 4.69) is 15.1 Å². The molecule has 7 nitrogen and oxygen atoms in total. The summed E-state index contributed by atoms with van der Waals surface area (Å²) >= 11 is 0. The van der Waals surface area contributed by atoms with Crippen molar-refractivity contribution in [3.8, 4) is 11.5 Å². The zero-order chi connectivity index (χ0) is 23.3. The molecular formula is C27H34N4O3. The molecule has 5 fully saturated rings. The molecule has 4 saturated carbocycles. The summed E-state index contributed by atoms with van der Waals surface area (Å²) in [6.07, 6.45) is 8.13. The highest BCUT2D eigenvalue weighted by Crippen LogP contribution is 2.60. The lowest BCUT2D eigenvalue weighted by Gasteiger charge is -2.57. The van der Waals surface area contributed by atoms with Crippen molar-refractivity contribution in [3.63, 3.8) is 0 Å². The van der Waals surface area contributed by atoms with Gasteiger partial charge in [0.2, 0.25) is 23.6 Å². The molecule has 7 heteroatoms. The average molecular weight is 463 g/mol. The van der Waals surface area contributed by atoms with E-state index in [0.29, 0.717) is 56.7 Å². The maximum Gasteiger partial charge on any atom is 0.247 e. The number of benzene rings is 1. The van der Waals surface area contributed by atoms with Crippen molar-refractivity contribution in [1.82, 2.24) is 20.0 Å². The lowest BCUT2D eigenvalue weighted by atomic mass is 9.49. The van der Waals surface area contributed by atoms with Gasteiger partial charge in [0.05, 0.1) is 5.41 Å². The van der Waals surface area contributed by atoms with E-state index in [4.69, 9.17) is 4.42 Å². The quantitative estimate of drug-likeness (QED) is 0.674. The fourth-order valence-corrected chi connectivity index (χ4v) is 7.41. The Kier molecular flexibility index (Phi) is 5.46. The predicted molar refractivity (Wildman–Crippen MR) is 127 cm³/mol. The summed E-state index contributed by atoms with van der Waals surface area (Å²) in [5.74, 6) is 3.77. The van der Waals surface area contributed by atoms with Gasteiger partial charge >= 0.3 is 0 Å². The average Bonchev–Trinajstić information content (AvgIpc) is 3.31. The van der Waals surface area contributed by atoms with Crippen LogP contribution < -0.4 is 0 Å². The lowest BCUT2D eigenvalue weighted by molar-refractivity contribution is -0.160. The number of nitrogens with zero attached hydrogens (tertiary/aromatic N) is 4. The summed E-state index contributed by atoms with van der Waals surface area (Å²) in [4.78, 5) is 30.3. The van der Waals surface area contributed by atoms with Crippen LogP contribution in [0.1, 0.15) is 56.4 Å². The Hall–Kier alpha value is -2.70. The van der Waals surface area contributed by atoms with Gasteiger partial charge in [-0.15, -0.1) is 10.2 Å². The van der Waals surface area contributed by atoms with Crippen molar-refractivity contribution >= 4 is 11.8 Å². The zero-order valence-corrected chi connectivity index (χ0v) is 20.0. The molecule has 0 atom stereocenters. The van der Waals surface area contributed by atoms with E-state index in [-0.39, 0.29) is 11.3 Å². The number of rotatable bonds is 5. The second-order valence-corrected chi connectivity index (χ2v) is 11.2. The number of hydrogen-bond donors (Lipinski definition) is 0. The third kappa shape index (κ3) is 4.03. The van der Waals surface area contributed by atoms with Crippen LogP contribution in [0.3, 0.4) is 0 Å². The monoisotopic (exact) mass is 462 g/mol. The van der Waals surface area contributed by atoms with Crippen LogP contribution in [0, 0.1) is 30.1 Å². The van der Waals surface area contributed by atoms with Crippen LogP contribution in [0.4, 0.5) is 0 Å². The first-order valence-corrected chi connectivity index (χ1v) is 12.9. The SMILES string of the molecule is Cc1ccc(-c2nnc(CCC(=O)N3CCN(C(=O)C45CC6CC(CC(C6)C4)C5)CC3)o2)cc1. The number of carbonyl (C=O) groups excluding carboxylic acids is 2. The molecule has 4 bridgehead atoms. The Balaban J connectivity index is 1.00. The Bertz CT molecular complexity index is 1030. The molecule has 0 unspecified atom stereocenters. The van der Waals surface area contributed by atoms with E-state index in [1.807, 2.05) is 36.1 Å². The van der Waals surface area contributed by atoms with Crippen molar-refractivity contribution in [2.75, 3.05) is 26.2 Å². The predicted octanol–water partition coefficient (Wildman–Crippen LogP) is 3.86. The van der Waals surface area contributed by atoms with E-state index < -0.39 is 0 Å². The summed E-state index contributed by atoms with van der Waals surface area (Å²) in [7, 11) is 0. The molecule has 1 aliphatic heterocycles. The van der Waals surface area contributed by atoms with Crippen molar-refractivity contribution in [2.24, 2.45) is 23.2 Å². The van der Waals surface area contributed by atoms with Gasteiger partial charge < -0.3 is 14.2 Å². The van der Waals surface area contributed by atoms with Crippen LogP contribution >= 0.6 is 0 Å². The molecule has 2 aromatic rings. The Morgan fingerprint density at radius 2 is 1.50 bits per heavy atom. The zero-order valence-electron chi connectivity index (χ0n) is 20.0. The lowest BCUT2D eigenvalue weighted by Crippen LogP contribution is -2.58. The van der Waals surface area contributed by atoms with Gasteiger partial charge in [0.15, 0.2) is 0 Å². The summed E-state index contributed by atoms with van der Waals surface area (Å²) in [5, 5.41) is 8.24. The summed E-state index contributed by atoms with van der Waals surface area (Å²) in [6, 6.07) is 7.94. The van der Waals surface area contributed by atoms with Crippen LogP contribution in [-0.4, -0.2) is 58.0 Å². The molecule has 0 N–H and O–H groups in total. The fraction of sp³-hybridized carbons (Fsp3) is 0.630. The van der Waals surface area contributed by atoms with Gasteiger partial charge in [-0.1, -0.05) is 17.7 Å². The van der Waals surface area contributed by atoms with Gasteiger partial charge in [-0.2, -0.15) is 0 Å². The number of aryl methyl sites for hydroxylation is 2. The second kappa shape index (κ2) is 8.51. The van der Waals surface area contributed by atoms with Crippen molar-refractivity contribution in [3.05, 3.63) is 35.7 Å². The largest absolute Gasteiger partial charge is 0.421 e. The van der Waals surface area contributed by atoms with Gasteiger partial charge in [-0.05, 0) is 75.3 Å². The first-order valence-electron chi connectivity index (χ1n) is 12.9. The minimum absolute atomic E-state index is 0.0892. The second-order valence-electron chi connectivity index (χ2n) is 11.2. The number of amides is 2. The van der Waals surface area contributed by atoms with Gasteiger partial charge in [0.1, 0.15) is 0 Å². The molecule has 4 aliphatic carbocycles. The minimum Gasteiger partial charge on any atom is -0.421 e. The van der Waals surface area contributed by atoms with E-state index in [9.17, 15) is 9.59 Å². The maximum atomic E-state index is 13.6.